The van der Waals surface area contributed by atoms with Gasteiger partial charge in [-0.15, -0.1) is 11.3 Å². The fourth-order valence-corrected chi connectivity index (χ4v) is 2.91. The van der Waals surface area contributed by atoms with E-state index in [9.17, 15) is 0 Å². The van der Waals surface area contributed by atoms with Crippen LogP contribution in [0.2, 0.25) is 0 Å². The van der Waals surface area contributed by atoms with E-state index in [-0.39, 0.29) is 5.92 Å². The van der Waals surface area contributed by atoms with Crippen molar-refractivity contribution in [3.63, 3.8) is 0 Å². The number of nitrogens with one attached hydrogen (secondary N) is 1. The van der Waals surface area contributed by atoms with Gasteiger partial charge in [0.2, 0.25) is 0 Å². The molecule has 1 aromatic rings. The van der Waals surface area contributed by atoms with E-state index in [1.807, 2.05) is 6.92 Å². The van der Waals surface area contributed by atoms with Gasteiger partial charge in [0.1, 0.15) is 0 Å². The van der Waals surface area contributed by atoms with Crippen molar-refractivity contribution < 1.29 is 0 Å². The van der Waals surface area contributed by atoms with Crippen molar-refractivity contribution in [1.82, 2.24) is 10.3 Å². The lowest BCUT2D eigenvalue weighted by molar-refractivity contribution is 0.467. The quantitative estimate of drug-likeness (QED) is 0.871. The van der Waals surface area contributed by atoms with Gasteiger partial charge >= 0.3 is 0 Å². The predicted octanol–water partition coefficient (Wildman–Crippen LogP) is 2.28. The smallest absolute Gasteiger partial charge is 0.0897 e. The van der Waals surface area contributed by atoms with Gasteiger partial charge in [0.15, 0.2) is 0 Å². The third-order valence-corrected chi connectivity index (χ3v) is 3.96. The van der Waals surface area contributed by atoms with Crippen molar-refractivity contribution in [2.24, 2.45) is 5.92 Å². The van der Waals surface area contributed by atoms with Gasteiger partial charge in [-0.2, -0.15) is 5.26 Å². The molecule has 0 spiro atoms. The summed E-state index contributed by atoms with van der Waals surface area (Å²) in [4.78, 5) is 4.43. The molecule has 1 saturated carbocycles. The second-order valence-corrected chi connectivity index (χ2v) is 5.40. The number of rotatable bonds is 4. The van der Waals surface area contributed by atoms with Crippen LogP contribution in [0, 0.1) is 24.2 Å². The van der Waals surface area contributed by atoms with Crippen LogP contribution in [0.25, 0.3) is 0 Å². The summed E-state index contributed by atoms with van der Waals surface area (Å²) in [5.41, 5.74) is 1.17. The Labute approximate surface area is 101 Å². The van der Waals surface area contributed by atoms with Gasteiger partial charge in [-0.25, -0.2) is 4.98 Å². The number of thiazole rings is 1. The van der Waals surface area contributed by atoms with Crippen LogP contribution >= 0.6 is 11.3 Å². The molecule has 3 nitrogen and oxygen atoms in total. The van der Waals surface area contributed by atoms with Crippen LogP contribution in [0.4, 0.5) is 0 Å². The van der Waals surface area contributed by atoms with Crippen molar-refractivity contribution in [3.8, 4) is 6.07 Å². The maximum Gasteiger partial charge on any atom is 0.0897 e. The standard InChI is InChI=1S/C12H17N3S/c1-9-15-11(8-16-9)5-6-14-12-4-2-3-10(12)7-13/h8,10,12,14H,2-6H2,1H3. The van der Waals surface area contributed by atoms with Crippen LogP contribution < -0.4 is 5.32 Å². The average Bonchev–Trinajstić information content (AvgIpc) is 2.87. The molecule has 2 unspecified atom stereocenters. The molecule has 0 amide bonds. The molecule has 0 bridgehead atoms. The fourth-order valence-electron chi connectivity index (χ4n) is 2.27. The zero-order valence-corrected chi connectivity index (χ0v) is 10.4. The summed E-state index contributed by atoms with van der Waals surface area (Å²) in [5, 5.41) is 15.7. The monoisotopic (exact) mass is 235 g/mol. The molecule has 1 aromatic heterocycles. The van der Waals surface area contributed by atoms with Crippen molar-refractivity contribution in [2.75, 3.05) is 6.54 Å². The highest BCUT2D eigenvalue weighted by Gasteiger charge is 2.26. The lowest BCUT2D eigenvalue weighted by Crippen LogP contribution is -2.33. The van der Waals surface area contributed by atoms with E-state index in [1.165, 1.54) is 12.1 Å². The Morgan fingerprint density at radius 2 is 2.50 bits per heavy atom. The minimum atomic E-state index is 0.220. The van der Waals surface area contributed by atoms with Gasteiger partial charge in [0.05, 0.1) is 22.7 Å². The number of hydrogen-bond acceptors (Lipinski definition) is 4. The number of nitriles is 1. The third-order valence-electron chi connectivity index (χ3n) is 3.14. The van der Waals surface area contributed by atoms with E-state index in [0.29, 0.717) is 6.04 Å². The van der Waals surface area contributed by atoms with E-state index >= 15 is 0 Å². The zero-order chi connectivity index (χ0) is 11.4. The molecule has 1 aliphatic carbocycles. The summed E-state index contributed by atoms with van der Waals surface area (Å²) in [6.07, 6.45) is 4.36. The fraction of sp³-hybridized carbons (Fsp3) is 0.667. The number of nitrogens with zero attached hydrogens (tertiary/aromatic N) is 2. The Hall–Kier alpha value is -0.920. The Morgan fingerprint density at radius 1 is 1.62 bits per heavy atom. The second kappa shape index (κ2) is 5.42. The molecule has 1 fully saturated rings. The van der Waals surface area contributed by atoms with Gasteiger partial charge in [-0.1, -0.05) is 6.42 Å². The molecule has 1 heterocycles. The Bertz CT molecular complexity index is 380. The molecule has 0 aromatic carbocycles. The zero-order valence-electron chi connectivity index (χ0n) is 9.57. The molecule has 0 aliphatic heterocycles. The van der Waals surface area contributed by atoms with Crippen LogP contribution in [0.3, 0.4) is 0 Å². The maximum atomic E-state index is 8.96. The van der Waals surface area contributed by atoms with Crippen LogP contribution in [0.15, 0.2) is 5.38 Å². The summed E-state index contributed by atoms with van der Waals surface area (Å²) in [7, 11) is 0. The van der Waals surface area contributed by atoms with E-state index in [1.54, 1.807) is 11.3 Å². The van der Waals surface area contributed by atoms with Crippen molar-refractivity contribution >= 4 is 11.3 Å². The topological polar surface area (TPSA) is 48.7 Å². The molecule has 2 rings (SSSR count). The summed E-state index contributed by atoms with van der Waals surface area (Å²) in [6.45, 7) is 2.97. The lowest BCUT2D eigenvalue weighted by atomic mass is 10.1. The Morgan fingerprint density at radius 3 is 3.19 bits per heavy atom. The number of hydrogen-bond donors (Lipinski definition) is 1. The molecule has 1 N–H and O–H groups in total. The van der Waals surface area contributed by atoms with Crippen LogP contribution in [-0.4, -0.2) is 17.6 Å². The first-order valence-corrected chi connectivity index (χ1v) is 6.71. The van der Waals surface area contributed by atoms with Crippen molar-refractivity contribution in [2.45, 2.75) is 38.6 Å². The Balaban J connectivity index is 1.74. The number of aromatic nitrogens is 1. The first-order chi connectivity index (χ1) is 7.79. The van der Waals surface area contributed by atoms with E-state index in [0.717, 1.165) is 30.8 Å². The van der Waals surface area contributed by atoms with Crippen molar-refractivity contribution in [3.05, 3.63) is 16.1 Å². The largest absolute Gasteiger partial charge is 0.312 e. The molecular weight excluding hydrogens is 218 g/mol. The minimum Gasteiger partial charge on any atom is -0.312 e. The highest BCUT2D eigenvalue weighted by Crippen LogP contribution is 2.24. The second-order valence-electron chi connectivity index (χ2n) is 4.33. The first kappa shape index (κ1) is 11.6. The lowest BCUT2D eigenvalue weighted by Gasteiger charge is -2.14. The van der Waals surface area contributed by atoms with Crippen molar-refractivity contribution in [1.29, 1.82) is 5.26 Å². The van der Waals surface area contributed by atoms with Gasteiger partial charge in [0, 0.05) is 24.4 Å². The van der Waals surface area contributed by atoms with Crippen LogP contribution in [0.1, 0.15) is 30.0 Å². The van der Waals surface area contributed by atoms with Gasteiger partial charge in [0.25, 0.3) is 0 Å². The summed E-state index contributed by atoms with van der Waals surface area (Å²) in [6, 6.07) is 2.80. The first-order valence-electron chi connectivity index (χ1n) is 5.83. The normalized spacial score (nSPS) is 24.5. The summed E-state index contributed by atoms with van der Waals surface area (Å²) < 4.78 is 0. The predicted molar refractivity (Wildman–Crippen MR) is 65.3 cm³/mol. The van der Waals surface area contributed by atoms with E-state index in [4.69, 9.17) is 5.26 Å². The van der Waals surface area contributed by atoms with E-state index in [2.05, 4.69) is 21.8 Å². The number of aryl methyl sites for hydroxylation is 1. The highest BCUT2D eigenvalue weighted by molar-refractivity contribution is 7.09. The van der Waals surface area contributed by atoms with Crippen LogP contribution in [-0.2, 0) is 6.42 Å². The van der Waals surface area contributed by atoms with Gasteiger partial charge in [-0.05, 0) is 19.8 Å². The molecule has 4 heteroatoms. The SMILES string of the molecule is Cc1nc(CCNC2CCCC2C#N)cs1. The molecular formula is C12H17N3S. The van der Waals surface area contributed by atoms with E-state index < -0.39 is 0 Å². The average molecular weight is 235 g/mol. The molecule has 2 atom stereocenters. The van der Waals surface area contributed by atoms with Crippen LogP contribution in [0.5, 0.6) is 0 Å². The minimum absolute atomic E-state index is 0.220. The molecule has 0 radical (unpaired) electrons. The van der Waals surface area contributed by atoms with Gasteiger partial charge in [-0.3, -0.25) is 0 Å². The Kier molecular flexibility index (Phi) is 3.92. The summed E-state index contributed by atoms with van der Waals surface area (Å²) in [5.74, 6) is 0.220. The maximum absolute atomic E-state index is 8.96. The highest BCUT2D eigenvalue weighted by atomic mass is 32.1. The molecule has 86 valence electrons. The molecule has 16 heavy (non-hydrogen) atoms. The van der Waals surface area contributed by atoms with Gasteiger partial charge < -0.3 is 5.32 Å². The molecule has 1 aliphatic rings. The summed E-state index contributed by atoms with van der Waals surface area (Å²) >= 11 is 1.70. The molecule has 0 saturated heterocycles. The third kappa shape index (κ3) is 2.81.